The molecule has 3 N–H and O–H groups in total. The summed E-state index contributed by atoms with van der Waals surface area (Å²) in [7, 11) is 0. The van der Waals surface area contributed by atoms with Crippen molar-refractivity contribution in [1.82, 2.24) is 4.90 Å². The highest BCUT2D eigenvalue weighted by atomic mass is 35.5. The molecule has 38 heavy (non-hydrogen) atoms. The van der Waals surface area contributed by atoms with Gasteiger partial charge in [0.25, 0.3) is 5.91 Å². The smallest absolute Gasteiger partial charge is 0.326 e. The number of carboxylic acids is 1. The number of primary amides is 1. The summed E-state index contributed by atoms with van der Waals surface area (Å²) in [4.78, 5) is 39.5. The van der Waals surface area contributed by atoms with E-state index in [9.17, 15) is 19.5 Å². The minimum Gasteiger partial charge on any atom is -0.480 e. The van der Waals surface area contributed by atoms with Crippen molar-refractivity contribution in [2.45, 2.75) is 50.5 Å². The summed E-state index contributed by atoms with van der Waals surface area (Å²) in [6, 6.07) is 18.9. The van der Waals surface area contributed by atoms with Crippen molar-refractivity contribution in [3.05, 3.63) is 105 Å². The molecule has 1 heterocycles. The standard InChI is InChI=1S/C29H28Cl2N2O5/c1-2-3-23(29(36)37)33-25(18-8-12-21(30)13-9-18)26(19-10-14-22(31)15-11-19)38-24(28(33)35)16-17-4-6-20(7-5-17)27(32)34/h4-15,23-26H,2-3,16H2,1H3,(H2,32,34)(H,36,37)/t23-,24+,25-,26+/m1/s1. The number of amides is 2. The quantitative estimate of drug-likeness (QED) is 0.357. The molecule has 3 aromatic carbocycles. The fraction of sp³-hybridized carbons (Fsp3) is 0.276. The fourth-order valence-corrected chi connectivity index (χ4v) is 5.08. The van der Waals surface area contributed by atoms with Gasteiger partial charge in [-0.1, -0.05) is 72.9 Å². The molecule has 0 aliphatic carbocycles. The van der Waals surface area contributed by atoms with Gasteiger partial charge >= 0.3 is 5.97 Å². The Labute approximate surface area is 231 Å². The third kappa shape index (κ3) is 6.01. The van der Waals surface area contributed by atoms with Gasteiger partial charge in [0.2, 0.25) is 5.91 Å². The van der Waals surface area contributed by atoms with Gasteiger partial charge in [0.1, 0.15) is 18.2 Å². The lowest BCUT2D eigenvalue weighted by Crippen LogP contribution is -2.57. The SMILES string of the molecule is CCC[C@H](C(=O)O)N1C(=O)[C@H](Cc2ccc(C(N)=O)cc2)O[C@@H](c2ccc(Cl)cc2)[C@H]1c1ccc(Cl)cc1. The Morgan fingerprint density at radius 2 is 1.50 bits per heavy atom. The van der Waals surface area contributed by atoms with Crippen LogP contribution < -0.4 is 5.73 Å². The Hall–Kier alpha value is -3.39. The summed E-state index contributed by atoms with van der Waals surface area (Å²) in [6.07, 6.45) is -0.611. The maximum absolute atomic E-state index is 14.0. The second-order valence-corrected chi connectivity index (χ2v) is 10.1. The second-order valence-electron chi connectivity index (χ2n) is 9.25. The first-order valence-electron chi connectivity index (χ1n) is 12.3. The van der Waals surface area contributed by atoms with E-state index in [1.807, 2.05) is 19.1 Å². The molecule has 0 radical (unpaired) electrons. The highest BCUT2D eigenvalue weighted by molar-refractivity contribution is 6.30. The van der Waals surface area contributed by atoms with E-state index in [-0.39, 0.29) is 12.8 Å². The van der Waals surface area contributed by atoms with Gasteiger partial charge in [-0.3, -0.25) is 9.59 Å². The van der Waals surface area contributed by atoms with E-state index in [1.54, 1.807) is 60.7 Å². The first-order valence-corrected chi connectivity index (χ1v) is 13.0. The Bertz CT molecular complexity index is 1300. The Kier molecular flexibility index (Phi) is 8.72. The summed E-state index contributed by atoms with van der Waals surface area (Å²) in [5.41, 5.74) is 7.90. The third-order valence-electron chi connectivity index (χ3n) is 6.68. The largest absolute Gasteiger partial charge is 0.480 e. The molecule has 1 saturated heterocycles. The van der Waals surface area contributed by atoms with Crippen molar-refractivity contribution in [3.8, 4) is 0 Å². The lowest BCUT2D eigenvalue weighted by Gasteiger charge is -2.47. The van der Waals surface area contributed by atoms with E-state index in [2.05, 4.69) is 0 Å². The first-order chi connectivity index (χ1) is 18.2. The molecule has 1 aliphatic rings. The average molecular weight is 555 g/mol. The fourth-order valence-electron chi connectivity index (χ4n) is 4.82. The van der Waals surface area contributed by atoms with E-state index in [1.165, 1.54) is 4.90 Å². The number of nitrogens with two attached hydrogens (primary N) is 1. The zero-order valence-electron chi connectivity index (χ0n) is 20.7. The molecule has 0 unspecified atom stereocenters. The Balaban J connectivity index is 1.82. The number of ether oxygens (including phenoxy) is 1. The number of aliphatic carboxylic acids is 1. The average Bonchev–Trinajstić information content (AvgIpc) is 2.90. The lowest BCUT2D eigenvalue weighted by atomic mass is 9.88. The molecule has 4 rings (SSSR count). The highest BCUT2D eigenvalue weighted by Crippen LogP contribution is 2.44. The lowest BCUT2D eigenvalue weighted by molar-refractivity contribution is -0.184. The van der Waals surface area contributed by atoms with Crippen molar-refractivity contribution in [3.63, 3.8) is 0 Å². The van der Waals surface area contributed by atoms with Gasteiger partial charge in [-0.25, -0.2) is 4.79 Å². The molecule has 1 fully saturated rings. The molecule has 7 nitrogen and oxygen atoms in total. The molecule has 0 spiro atoms. The maximum atomic E-state index is 14.0. The normalized spacial score (nSPS) is 20.2. The molecule has 0 aromatic heterocycles. The van der Waals surface area contributed by atoms with Crippen LogP contribution in [0.15, 0.2) is 72.8 Å². The van der Waals surface area contributed by atoms with Gasteiger partial charge in [-0.2, -0.15) is 0 Å². The topological polar surface area (TPSA) is 110 Å². The molecular formula is C29H28Cl2N2O5. The van der Waals surface area contributed by atoms with Crippen LogP contribution in [-0.2, 0) is 20.7 Å². The first kappa shape index (κ1) is 27.6. The molecule has 1 aliphatic heterocycles. The minimum absolute atomic E-state index is 0.185. The maximum Gasteiger partial charge on any atom is 0.326 e. The summed E-state index contributed by atoms with van der Waals surface area (Å²) in [5, 5.41) is 11.3. The van der Waals surface area contributed by atoms with Gasteiger partial charge in [-0.15, -0.1) is 0 Å². The van der Waals surface area contributed by atoms with Crippen molar-refractivity contribution >= 4 is 41.0 Å². The van der Waals surface area contributed by atoms with Crippen LogP contribution in [-0.4, -0.2) is 39.9 Å². The number of nitrogens with zero attached hydrogens (tertiary/aromatic N) is 1. The van der Waals surface area contributed by atoms with Crippen LogP contribution >= 0.6 is 23.2 Å². The predicted octanol–water partition coefficient (Wildman–Crippen LogP) is 5.60. The van der Waals surface area contributed by atoms with Crippen molar-refractivity contribution in [2.75, 3.05) is 0 Å². The predicted molar refractivity (Wildman–Crippen MR) is 145 cm³/mol. The highest BCUT2D eigenvalue weighted by Gasteiger charge is 2.48. The van der Waals surface area contributed by atoms with Gasteiger partial charge in [0.15, 0.2) is 0 Å². The summed E-state index contributed by atoms with van der Waals surface area (Å²) in [5.74, 6) is -2.05. The minimum atomic E-state index is -1.08. The molecule has 2 amide bonds. The van der Waals surface area contributed by atoms with Gasteiger partial charge in [0, 0.05) is 22.0 Å². The number of morpholine rings is 1. The number of halogens is 2. The molecule has 9 heteroatoms. The molecule has 198 valence electrons. The number of hydrogen-bond acceptors (Lipinski definition) is 4. The molecule has 0 saturated carbocycles. The van der Waals surface area contributed by atoms with Crippen LogP contribution in [0.2, 0.25) is 10.0 Å². The van der Waals surface area contributed by atoms with Crippen molar-refractivity contribution < 1.29 is 24.2 Å². The number of carbonyl (C=O) groups is 3. The van der Waals surface area contributed by atoms with E-state index in [4.69, 9.17) is 33.7 Å². The number of hydrogen-bond donors (Lipinski definition) is 2. The summed E-state index contributed by atoms with van der Waals surface area (Å²) in [6.45, 7) is 1.88. The Morgan fingerprint density at radius 3 is 2.00 bits per heavy atom. The van der Waals surface area contributed by atoms with E-state index >= 15 is 0 Å². The van der Waals surface area contributed by atoms with Gasteiger partial charge in [-0.05, 0) is 59.5 Å². The third-order valence-corrected chi connectivity index (χ3v) is 7.18. The molecule has 0 bridgehead atoms. The van der Waals surface area contributed by atoms with Gasteiger partial charge < -0.3 is 20.5 Å². The van der Waals surface area contributed by atoms with E-state index in [0.29, 0.717) is 27.6 Å². The molecular weight excluding hydrogens is 527 g/mol. The van der Waals surface area contributed by atoms with Crippen LogP contribution in [0.25, 0.3) is 0 Å². The molecule has 4 atom stereocenters. The monoisotopic (exact) mass is 554 g/mol. The zero-order chi connectivity index (χ0) is 27.4. The number of rotatable bonds is 9. The number of carboxylic acid groups (broad SMARTS) is 1. The van der Waals surface area contributed by atoms with Crippen LogP contribution in [0.1, 0.15) is 59.0 Å². The summed E-state index contributed by atoms with van der Waals surface area (Å²) < 4.78 is 6.49. The van der Waals surface area contributed by atoms with Crippen LogP contribution in [0, 0.1) is 0 Å². The van der Waals surface area contributed by atoms with Crippen molar-refractivity contribution in [2.24, 2.45) is 5.73 Å². The Morgan fingerprint density at radius 1 is 0.947 bits per heavy atom. The van der Waals surface area contributed by atoms with E-state index in [0.717, 1.165) is 11.1 Å². The van der Waals surface area contributed by atoms with Gasteiger partial charge in [0.05, 0.1) is 6.04 Å². The zero-order valence-corrected chi connectivity index (χ0v) is 22.2. The second kappa shape index (κ2) is 12.0. The van der Waals surface area contributed by atoms with Crippen LogP contribution in [0.5, 0.6) is 0 Å². The molecule has 3 aromatic rings. The number of carbonyl (C=O) groups excluding carboxylic acids is 2. The van der Waals surface area contributed by atoms with E-state index < -0.39 is 42.1 Å². The number of benzene rings is 3. The van der Waals surface area contributed by atoms with Crippen LogP contribution in [0.3, 0.4) is 0 Å². The summed E-state index contributed by atoms with van der Waals surface area (Å²) >= 11 is 12.3. The van der Waals surface area contributed by atoms with Crippen LogP contribution in [0.4, 0.5) is 0 Å². The van der Waals surface area contributed by atoms with Crippen molar-refractivity contribution in [1.29, 1.82) is 0 Å².